The summed E-state index contributed by atoms with van der Waals surface area (Å²) in [5.41, 5.74) is -0.0221. The zero-order chi connectivity index (χ0) is 15.9. The molecule has 0 saturated carbocycles. The average molecular weight is 308 g/mol. The maximum atomic E-state index is 12.5. The minimum atomic E-state index is -1.38. The van der Waals surface area contributed by atoms with Crippen molar-refractivity contribution < 1.29 is 14.1 Å². The molecule has 0 fully saturated rings. The van der Waals surface area contributed by atoms with E-state index in [-0.39, 0.29) is 11.8 Å². The predicted octanol–water partition coefficient (Wildman–Crippen LogP) is 2.38. The van der Waals surface area contributed by atoms with Crippen LogP contribution >= 0.6 is 0 Å². The number of benzene rings is 1. The number of ether oxygens (including phenoxy) is 1. The highest BCUT2D eigenvalue weighted by Crippen LogP contribution is 2.38. The molecule has 7 heteroatoms. The summed E-state index contributed by atoms with van der Waals surface area (Å²) in [4.78, 5) is 20.7. The van der Waals surface area contributed by atoms with Crippen LogP contribution in [-0.2, 0) is 10.4 Å². The number of hydrogen-bond donors (Lipinski definition) is 1. The smallest absolute Gasteiger partial charge is 0.280 e. The quantitative estimate of drug-likeness (QED) is 0.781. The molecule has 3 aromatic rings. The Morgan fingerprint density at radius 1 is 1.13 bits per heavy atom. The molecule has 0 radical (unpaired) electrons. The summed E-state index contributed by atoms with van der Waals surface area (Å²) in [7, 11) is 0. The predicted molar refractivity (Wildman–Crippen MR) is 80.6 cm³/mol. The van der Waals surface area contributed by atoms with Gasteiger partial charge in [-0.2, -0.15) is 4.98 Å². The van der Waals surface area contributed by atoms with Crippen LogP contribution in [0.3, 0.4) is 0 Å². The third-order valence-corrected chi connectivity index (χ3v) is 3.66. The molecular weight excluding hydrogens is 296 g/mol. The van der Waals surface area contributed by atoms with Crippen LogP contribution in [0.1, 0.15) is 12.8 Å². The first kappa shape index (κ1) is 13.4. The largest absolute Gasteiger partial charge is 0.466 e. The molecule has 0 unspecified atom stereocenters. The lowest BCUT2D eigenvalue weighted by Gasteiger charge is -2.31. The Hall–Kier alpha value is -3.22. The van der Waals surface area contributed by atoms with E-state index in [2.05, 4.69) is 20.4 Å². The second kappa shape index (κ2) is 4.91. The van der Waals surface area contributed by atoms with Gasteiger partial charge in [-0.3, -0.25) is 9.78 Å². The molecule has 1 aliphatic rings. The summed E-state index contributed by atoms with van der Waals surface area (Å²) in [6.45, 7) is 1.60. The van der Waals surface area contributed by atoms with Gasteiger partial charge in [0.05, 0.1) is 5.69 Å². The lowest BCUT2D eigenvalue weighted by molar-refractivity contribution is -0.133. The highest BCUT2D eigenvalue weighted by atomic mass is 16.5. The number of carbonyl (C=O) groups is 1. The van der Waals surface area contributed by atoms with Crippen molar-refractivity contribution in [1.29, 1.82) is 0 Å². The average Bonchev–Trinajstić information content (AvgIpc) is 3.07. The topological polar surface area (TPSA) is 90.1 Å². The Balaban J connectivity index is 1.73. The molecule has 3 heterocycles. The van der Waals surface area contributed by atoms with E-state index in [1.165, 1.54) is 0 Å². The van der Waals surface area contributed by atoms with Gasteiger partial charge in [0, 0.05) is 18.0 Å². The van der Waals surface area contributed by atoms with Gasteiger partial charge in [0.2, 0.25) is 5.82 Å². The molecule has 2 aromatic heterocycles. The first-order valence-electron chi connectivity index (χ1n) is 7.01. The normalized spacial score (nSPS) is 19.6. The van der Waals surface area contributed by atoms with Gasteiger partial charge < -0.3 is 14.6 Å². The van der Waals surface area contributed by atoms with E-state index in [1.807, 2.05) is 12.1 Å². The Labute approximate surface area is 131 Å². The van der Waals surface area contributed by atoms with E-state index in [1.54, 1.807) is 43.6 Å². The van der Waals surface area contributed by atoms with Gasteiger partial charge >= 0.3 is 0 Å². The molecule has 114 valence electrons. The fraction of sp³-hybridized carbons (Fsp3) is 0.125. The van der Waals surface area contributed by atoms with Crippen LogP contribution in [0.2, 0.25) is 0 Å². The number of carbonyl (C=O) groups excluding carboxylic acids is 1. The number of hydrogen-bond acceptors (Lipinski definition) is 6. The Morgan fingerprint density at radius 3 is 2.74 bits per heavy atom. The first-order valence-corrected chi connectivity index (χ1v) is 7.01. The molecule has 4 rings (SSSR count). The molecule has 0 bridgehead atoms. The first-order chi connectivity index (χ1) is 11.2. The highest BCUT2D eigenvalue weighted by molar-refractivity contribution is 6.00. The van der Waals surface area contributed by atoms with Crippen LogP contribution in [-0.4, -0.2) is 21.0 Å². The molecule has 7 nitrogen and oxygen atoms in total. The van der Waals surface area contributed by atoms with Gasteiger partial charge in [-0.15, -0.1) is 0 Å². The molecule has 1 aromatic carbocycles. The fourth-order valence-electron chi connectivity index (χ4n) is 2.34. The SMILES string of the molecule is C[C@@]1(c2nc(-c3ccncc3)no2)Oc2ccccc2NC1=O. The summed E-state index contributed by atoms with van der Waals surface area (Å²) in [5.74, 6) is 0.662. The number of fused-ring (bicyclic) bond motifs is 1. The van der Waals surface area contributed by atoms with Crippen LogP contribution in [0.5, 0.6) is 5.75 Å². The molecule has 0 aliphatic carbocycles. The number of aromatic nitrogens is 3. The summed E-state index contributed by atoms with van der Waals surface area (Å²) >= 11 is 0. The number of rotatable bonds is 2. The number of nitrogens with zero attached hydrogens (tertiary/aromatic N) is 3. The minimum Gasteiger partial charge on any atom is -0.466 e. The second-order valence-electron chi connectivity index (χ2n) is 5.24. The Bertz CT molecular complexity index is 878. The van der Waals surface area contributed by atoms with Crippen molar-refractivity contribution in [1.82, 2.24) is 15.1 Å². The second-order valence-corrected chi connectivity index (χ2v) is 5.24. The summed E-state index contributed by atoms with van der Waals surface area (Å²) < 4.78 is 11.1. The standard InChI is InChI=1S/C16H12N4O3/c1-16(14(21)18-11-4-2-3-5-12(11)22-16)15-19-13(20-23-15)10-6-8-17-9-7-10/h2-9H,1H3,(H,18,21)/t16-/m1/s1. The number of pyridine rings is 1. The number of nitrogens with one attached hydrogen (secondary N) is 1. The van der Waals surface area contributed by atoms with Crippen LogP contribution in [0, 0.1) is 0 Å². The molecule has 0 saturated heterocycles. The van der Waals surface area contributed by atoms with Gasteiger partial charge in [-0.25, -0.2) is 0 Å². The molecule has 23 heavy (non-hydrogen) atoms. The number of amides is 1. The van der Waals surface area contributed by atoms with Gasteiger partial charge in [0.1, 0.15) is 5.75 Å². The van der Waals surface area contributed by atoms with E-state index in [4.69, 9.17) is 9.26 Å². The van der Waals surface area contributed by atoms with Gasteiger partial charge in [-0.1, -0.05) is 17.3 Å². The number of para-hydroxylation sites is 2. The van der Waals surface area contributed by atoms with Crippen LogP contribution in [0.25, 0.3) is 11.4 Å². The summed E-state index contributed by atoms with van der Waals surface area (Å²) in [6, 6.07) is 10.7. The molecule has 1 amide bonds. The highest BCUT2D eigenvalue weighted by Gasteiger charge is 2.47. The Kier molecular flexibility index (Phi) is 2.87. The summed E-state index contributed by atoms with van der Waals surface area (Å²) in [5, 5.41) is 6.72. The van der Waals surface area contributed by atoms with Crippen molar-refractivity contribution >= 4 is 11.6 Å². The van der Waals surface area contributed by atoms with E-state index in [0.717, 1.165) is 5.56 Å². The molecule has 1 atom stereocenters. The van der Waals surface area contributed by atoms with E-state index in [9.17, 15) is 4.79 Å². The van der Waals surface area contributed by atoms with Gasteiger partial charge in [-0.05, 0) is 31.2 Å². The van der Waals surface area contributed by atoms with E-state index < -0.39 is 5.60 Å². The molecule has 0 spiro atoms. The van der Waals surface area contributed by atoms with Crippen LogP contribution in [0.15, 0.2) is 53.3 Å². The lowest BCUT2D eigenvalue weighted by atomic mass is 10.0. The minimum absolute atomic E-state index is 0.0938. The van der Waals surface area contributed by atoms with Crippen molar-refractivity contribution in [2.45, 2.75) is 12.5 Å². The lowest BCUT2D eigenvalue weighted by Crippen LogP contribution is -2.46. The van der Waals surface area contributed by atoms with Crippen molar-refractivity contribution in [3.05, 3.63) is 54.7 Å². The molecular formula is C16H12N4O3. The van der Waals surface area contributed by atoms with Crippen molar-refractivity contribution in [2.75, 3.05) is 5.32 Å². The van der Waals surface area contributed by atoms with Crippen molar-refractivity contribution in [2.24, 2.45) is 0 Å². The Morgan fingerprint density at radius 2 is 1.91 bits per heavy atom. The maximum absolute atomic E-state index is 12.5. The zero-order valence-corrected chi connectivity index (χ0v) is 12.2. The van der Waals surface area contributed by atoms with Crippen molar-refractivity contribution in [3.8, 4) is 17.1 Å². The van der Waals surface area contributed by atoms with Gasteiger partial charge in [0.15, 0.2) is 0 Å². The monoisotopic (exact) mass is 308 g/mol. The maximum Gasteiger partial charge on any atom is 0.280 e. The molecule has 1 aliphatic heterocycles. The third-order valence-electron chi connectivity index (χ3n) is 3.66. The van der Waals surface area contributed by atoms with E-state index in [0.29, 0.717) is 17.3 Å². The summed E-state index contributed by atoms with van der Waals surface area (Å²) in [6.07, 6.45) is 3.26. The van der Waals surface area contributed by atoms with Crippen molar-refractivity contribution in [3.63, 3.8) is 0 Å². The third kappa shape index (κ3) is 2.13. The zero-order valence-electron chi connectivity index (χ0n) is 12.2. The van der Waals surface area contributed by atoms with Crippen LogP contribution < -0.4 is 10.1 Å². The van der Waals surface area contributed by atoms with E-state index >= 15 is 0 Å². The number of anilines is 1. The van der Waals surface area contributed by atoms with Gasteiger partial charge in [0.25, 0.3) is 17.4 Å². The van der Waals surface area contributed by atoms with Crippen LogP contribution in [0.4, 0.5) is 5.69 Å². The fourth-order valence-corrected chi connectivity index (χ4v) is 2.34. The molecule has 1 N–H and O–H groups in total.